The average Bonchev–Trinajstić information content (AvgIpc) is 1.87. The summed E-state index contributed by atoms with van der Waals surface area (Å²) in [5.41, 5.74) is 1.40. The molecule has 0 aliphatic rings. The summed E-state index contributed by atoms with van der Waals surface area (Å²) in [7, 11) is 1.38. The molecule has 0 aliphatic carbocycles. The molecule has 0 radical (unpaired) electrons. The summed E-state index contributed by atoms with van der Waals surface area (Å²) in [6.45, 7) is 4.28. The van der Waals surface area contributed by atoms with E-state index in [-0.39, 0.29) is 26.2 Å². The Morgan fingerprint density at radius 3 is 2.38 bits per heavy atom. The maximum Gasteiger partial charge on any atom is 0 e. The Kier molecular flexibility index (Phi) is 3.95. The van der Waals surface area contributed by atoms with Crippen molar-refractivity contribution in [3.8, 4) is 0 Å². The van der Waals surface area contributed by atoms with Crippen LogP contribution in [0.4, 0.5) is 0 Å². The molecule has 0 spiro atoms. The molecule has 0 amide bonds. The van der Waals surface area contributed by atoms with Crippen LogP contribution in [0, 0.1) is 13.8 Å². The fourth-order valence-corrected chi connectivity index (χ4v) is 1.37. The molecule has 2 heteroatoms. The predicted octanol–water partition coefficient (Wildman–Crippen LogP) is 2.60. The Labute approximate surface area is 70.9 Å². The van der Waals surface area contributed by atoms with Crippen LogP contribution in [0.2, 0.25) is 0 Å². The first-order valence-electron chi connectivity index (χ1n) is 2.35. The maximum atomic E-state index is 2.22. The molecule has 0 bridgehead atoms. The second-order valence-corrected chi connectivity index (χ2v) is 3.01. The zero-order valence-electron chi connectivity index (χ0n) is 5.10. The van der Waals surface area contributed by atoms with Crippen molar-refractivity contribution >= 4 is 8.19 Å². The van der Waals surface area contributed by atoms with Gasteiger partial charge in [-0.1, -0.05) is 13.8 Å². The van der Waals surface area contributed by atoms with Crippen molar-refractivity contribution in [2.45, 2.75) is 13.8 Å². The summed E-state index contributed by atoms with van der Waals surface area (Å²) in [5, 5.41) is 1.46. The fraction of sp³-hybridized carbons (Fsp3) is 0.333. The van der Waals surface area contributed by atoms with E-state index in [1.165, 1.54) is 19.1 Å². The van der Waals surface area contributed by atoms with Gasteiger partial charge in [-0.05, 0) is 0 Å². The average molecular weight is 202 g/mol. The van der Waals surface area contributed by atoms with E-state index in [2.05, 4.69) is 25.7 Å². The van der Waals surface area contributed by atoms with Crippen LogP contribution in [0.15, 0.2) is 11.9 Å². The predicted molar refractivity (Wildman–Crippen MR) is 34.0 cm³/mol. The third-order valence-corrected chi connectivity index (χ3v) is 1.98. The number of rotatable bonds is 0. The van der Waals surface area contributed by atoms with Gasteiger partial charge >= 0.3 is 0 Å². The summed E-state index contributed by atoms with van der Waals surface area (Å²) in [5.74, 6) is 2.22. The molecular formula is C6H8PZr-. The molecule has 0 aliphatic heterocycles. The minimum Gasteiger partial charge on any atom is -0.224 e. The van der Waals surface area contributed by atoms with Gasteiger partial charge in [-0.25, -0.2) is 8.19 Å². The van der Waals surface area contributed by atoms with E-state index in [0.717, 1.165) is 0 Å². The van der Waals surface area contributed by atoms with Gasteiger partial charge in [0.25, 0.3) is 0 Å². The third kappa shape index (κ3) is 2.29. The second-order valence-electron chi connectivity index (χ2n) is 1.79. The van der Waals surface area contributed by atoms with Crippen molar-refractivity contribution in [2.75, 3.05) is 0 Å². The Hall–Kier alpha value is 0.663. The summed E-state index contributed by atoms with van der Waals surface area (Å²) in [4.78, 5) is 0. The van der Waals surface area contributed by atoms with E-state index >= 15 is 0 Å². The molecule has 0 aromatic carbocycles. The standard InChI is InChI=1S/C6H8P.Zr/c1-5-3-6(2)7-4-5;/h3-4H,1-2H3;/q-1;. The summed E-state index contributed by atoms with van der Waals surface area (Å²) in [6, 6.07) is 2.21. The molecule has 8 heavy (non-hydrogen) atoms. The van der Waals surface area contributed by atoms with Crippen molar-refractivity contribution < 1.29 is 26.2 Å². The first kappa shape index (κ1) is 8.66. The SMILES string of the molecule is Cc1cp[c-](C)c1.[Zr]. The van der Waals surface area contributed by atoms with E-state index in [1.807, 2.05) is 0 Å². The zero-order valence-corrected chi connectivity index (χ0v) is 8.45. The Morgan fingerprint density at radius 2 is 2.25 bits per heavy atom. The van der Waals surface area contributed by atoms with Crippen LogP contribution in [-0.2, 0) is 26.2 Å². The molecule has 0 fully saturated rings. The van der Waals surface area contributed by atoms with Gasteiger partial charge in [0.2, 0.25) is 0 Å². The monoisotopic (exact) mass is 201 g/mol. The first-order chi connectivity index (χ1) is 3.29. The van der Waals surface area contributed by atoms with Gasteiger partial charge in [0.05, 0.1) is 0 Å². The minimum atomic E-state index is 0. The first-order valence-corrected chi connectivity index (χ1v) is 3.31. The Bertz CT molecular complexity index is 141. The van der Waals surface area contributed by atoms with Gasteiger partial charge < -0.3 is 0 Å². The number of hydrogen-bond acceptors (Lipinski definition) is 0. The van der Waals surface area contributed by atoms with Crippen LogP contribution in [-0.4, -0.2) is 0 Å². The van der Waals surface area contributed by atoms with Gasteiger partial charge in [-0.2, -0.15) is 17.4 Å². The Morgan fingerprint density at radius 1 is 1.62 bits per heavy atom. The molecule has 1 heterocycles. The van der Waals surface area contributed by atoms with Gasteiger partial charge in [0.15, 0.2) is 0 Å². The molecule has 0 atom stereocenters. The summed E-state index contributed by atoms with van der Waals surface area (Å²) < 4.78 is 0. The van der Waals surface area contributed by atoms with Crippen LogP contribution in [0.5, 0.6) is 0 Å². The third-order valence-electron chi connectivity index (χ3n) is 0.908. The summed E-state index contributed by atoms with van der Waals surface area (Å²) in [6.07, 6.45) is 0. The van der Waals surface area contributed by atoms with Crippen molar-refractivity contribution in [3.05, 3.63) is 22.7 Å². The molecule has 0 N–H and O–H groups in total. The smallest absolute Gasteiger partial charge is 0 e. The molecule has 0 saturated heterocycles. The number of aryl methyl sites for hydroxylation is 2. The maximum absolute atomic E-state index is 2.22. The zero-order chi connectivity index (χ0) is 5.28. The van der Waals surface area contributed by atoms with Crippen molar-refractivity contribution in [1.29, 1.82) is 0 Å². The number of hydrogen-bond donors (Lipinski definition) is 0. The second kappa shape index (κ2) is 3.64. The van der Waals surface area contributed by atoms with Crippen LogP contribution in [0.1, 0.15) is 10.9 Å². The van der Waals surface area contributed by atoms with Crippen molar-refractivity contribution in [3.63, 3.8) is 0 Å². The van der Waals surface area contributed by atoms with E-state index in [0.29, 0.717) is 0 Å². The van der Waals surface area contributed by atoms with Crippen LogP contribution in [0.25, 0.3) is 0 Å². The van der Waals surface area contributed by atoms with E-state index in [9.17, 15) is 0 Å². The largest absolute Gasteiger partial charge is 0.224 e. The normalized spacial score (nSPS) is 9.25. The van der Waals surface area contributed by atoms with Crippen LogP contribution in [0.3, 0.4) is 0 Å². The fourth-order valence-electron chi connectivity index (χ4n) is 0.608. The molecule has 0 unspecified atom stereocenters. The topological polar surface area (TPSA) is 0 Å². The molecular weight excluding hydrogens is 194 g/mol. The van der Waals surface area contributed by atoms with Crippen molar-refractivity contribution in [1.82, 2.24) is 0 Å². The van der Waals surface area contributed by atoms with Crippen molar-refractivity contribution in [2.24, 2.45) is 0 Å². The van der Waals surface area contributed by atoms with Gasteiger partial charge in [-0.15, -0.1) is 5.30 Å². The molecule has 1 aromatic rings. The van der Waals surface area contributed by atoms with Gasteiger partial charge in [0.1, 0.15) is 0 Å². The van der Waals surface area contributed by atoms with E-state index < -0.39 is 0 Å². The minimum absolute atomic E-state index is 0. The molecule has 42 valence electrons. The molecule has 1 rings (SSSR count). The molecule has 0 nitrogen and oxygen atoms in total. The molecule has 1 aromatic heterocycles. The van der Waals surface area contributed by atoms with E-state index in [1.54, 1.807) is 0 Å². The van der Waals surface area contributed by atoms with E-state index in [4.69, 9.17) is 0 Å². The van der Waals surface area contributed by atoms with Crippen LogP contribution < -0.4 is 0 Å². The summed E-state index contributed by atoms with van der Waals surface area (Å²) >= 11 is 0. The van der Waals surface area contributed by atoms with Crippen LogP contribution >= 0.6 is 8.19 Å². The van der Waals surface area contributed by atoms with Gasteiger partial charge in [-0.3, -0.25) is 0 Å². The molecule has 0 saturated carbocycles. The quantitative estimate of drug-likeness (QED) is 0.567. The Balaban J connectivity index is 0.000000490. The van der Waals surface area contributed by atoms with Gasteiger partial charge in [0, 0.05) is 26.2 Å².